The quantitative estimate of drug-likeness (QED) is 0.737. The summed E-state index contributed by atoms with van der Waals surface area (Å²) in [5.41, 5.74) is 1.96. The maximum Gasteiger partial charge on any atom is 0.150 e. The molecule has 1 aliphatic heterocycles. The Labute approximate surface area is 103 Å². The molecule has 1 aromatic rings. The maximum atomic E-state index is 10.9. The summed E-state index contributed by atoms with van der Waals surface area (Å²) >= 11 is 0. The summed E-state index contributed by atoms with van der Waals surface area (Å²) in [7, 11) is 4.26. The highest BCUT2D eigenvalue weighted by Gasteiger charge is 2.24. The fourth-order valence-electron chi connectivity index (χ4n) is 2.41. The molecule has 1 atom stereocenters. The van der Waals surface area contributed by atoms with Crippen LogP contribution in [-0.4, -0.2) is 49.3 Å². The average Bonchev–Trinajstić information content (AvgIpc) is 2.78. The van der Waals surface area contributed by atoms with Gasteiger partial charge in [0.05, 0.1) is 0 Å². The molecule has 3 nitrogen and oxygen atoms in total. The molecular weight excluding hydrogens is 212 g/mol. The van der Waals surface area contributed by atoms with Crippen LogP contribution < -0.4 is 0 Å². The predicted octanol–water partition coefficient (Wildman–Crippen LogP) is 1.64. The van der Waals surface area contributed by atoms with E-state index in [-0.39, 0.29) is 0 Å². The van der Waals surface area contributed by atoms with E-state index in [1.165, 1.54) is 6.42 Å². The largest absolute Gasteiger partial charge is 0.305 e. The van der Waals surface area contributed by atoms with E-state index < -0.39 is 0 Å². The van der Waals surface area contributed by atoms with Gasteiger partial charge < -0.3 is 4.90 Å². The number of hydrogen-bond donors (Lipinski definition) is 0. The van der Waals surface area contributed by atoms with Gasteiger partial charge in [0.1, 0.15) is 6.29 Å². The Morgan fingerprint density at radius 3 is 2.82 bits per heavy atom. The zero-order valence-corrected chi connectivity index (χ0v) is 10.6. The van der Waals surface area contributed by atoms with Gasteiger partial charge in [-0.1, -0.05) is 24.3 Å². The smallest absolute Gasteiger partial charge is 0.150 e. The second kappa shape index (κ2) is 5.43. The SMILES string of the molecule is CN(C)C1CCN(Cc2ccccc2C=O)C1. The molecule has 2 rings (SSSR count). The van der Waals surface area contributed by atoms with E-state index in [9.17, 15) is 4.79 Å². The lowest BCUT2D eigenvalue weighted by Crippen LogP contribution is -2.31. The molecule has 1 saturated heterocycles. The third-order valence-corrected chi connectivity index (χ3v) is 3.55. The summed E-state index contributed by atoms with van der Waals surface area (Å²) in [4.78, 5) is 15.7. The molecule has 0 N–H and O–H groups in total. The van der Waals surface area contributed by atoms with Crippen molar-refractivity contribution in [2.45, 2.75) is 19.0 Å². The highest BCUT2D eigenvalue weighted by Crippen LogP contribution is 2.17. The summed E-state index contributed by atoms with van der Waals surface area (Å²) in [6, 6.07) is 8.51. The van der Waals surface area contributed by atoms with Crippen molar-refractivity contribution in [1.29, 1.82) is 0 Å². The number of carbonyl (C=O) groups is 1. The minimum Gasteiger partial charge on any atom is -0.305 e. The molecule has 1 fully saturated rings. The molecule has 17 heavy (non-hydrogen) atoms. The molecule has 1 aliphatic rings. The molecule has 0 saturated carbocycles. The highest BCUT2D eigenvalue weighted by molar-refractivity contribution is 5.77. The van der Waals surface area contributed by atoms with Crippen LogP contribution in [0, 0.1) is 0 Å². The van der Waals surface area contributed by atoms with Crippen LogP contribution >= 0.6 is 0 Å². The molecule has 1 unspecified atom stereocenters. The van der Waals surface area contributed by atoms with E-state index in [0.29, 0.717) is 6.04 Å². The Bertz CT molecular complexity index is 390. The molecule has 0 aliphatic carbocycles. The number of likely N-dealkylation sites (N-methyl/N-ethyl adjacent to an activating group) is 1. The number of benzene rings is 1. The van der Waals surface area contributed by atoms with E-state index in [0.717, 1.165) is 37.0 Å². The fraction of sp³-hybridized carbons (Fsp3) is 0.500. The van der Waals surface area contributed by atoms with E-state index >= 15 is 0 Å². The van der Waals surface area contributed by atoms with Crippen molar-refractivity contribution >= 4 is 6.29 Å². The van der Waals surface area contributed by atoms with Crippen molar-refractivity contribution in [3.8, 4) is 0 Å². The van der Waals surface area contributed by atoms with Crippen LogP contribution in [0.15, 0.2) is 24.3 Å². The summed E-state index contributed by atoms with van der Waals surface area (Å²) in [6.07, 6.45) is 2.17. The fourth-order valence-corrected chi connectivity index (χ4v) is 2.41. The van der Waals surface area contributed by atoms with E-state index in [4.69, 9.17) is 0 Å². The average molecular weight is 232 g/mol. The van der Waals surface area contributed by atoms with Crippen LogP contribution in [0.3, 0.4) is 0 Å². The first-order chi connectivity index (χ1) is 8.20. The van der Waals surface area contributed by atoms with Crippen molar-refractivity contribution in [3.05, 3.63) is 35.4 Å². The van der Waals surface area contributed by atoms with Crippen LogP contribution in [0.4, 0.5) is 0 Å². The summed E-state index contributed by atoms with van der Waals surface area (Å²) in [5, 5.41) is 0. The predicted molar refractivity (Wildman–Crippen MR) is 69.2 cm³/mol. The Balaban J connectivity index is 2.00. The van der Waals surface area contributed by atoms with Gasteiger partial charge in [0.2, 0.25) is 0 Å². The molecule has 92 valence electrons. The Hall–Kier alpha value is -1.19. The summed E-state index contributed by atoms with van der Waals surface area (Å²) < 4.78 is 0. The van der Waals surface area contributed by atoms with Crippen LogP contribution in [0.5, 0.6) is 0 Å². The number of aldehydes is 1. The molecule has 3 heteroatoms. The zero-order valence-electron chi connectivity index (χ0n) is 10.6. The van der Waals surface area contributed by atoms with Crippen LogP contribution in [0.2, 0.25) is 0 Å². The van der Waals surface area contributed by atoms with Crippen molar-refractivity contribution in [1.82, 2.24) is 9.80 Å². The maximum absolute atomic E-state index is 10.9. The standard InChI is InChI=1S/C14H20N2O/c1-15(2)14-7-8-16(10-14)9-12-5-3-4-6-13(12)11-17/h3-6,11,14H,7-10H2,1-2H3. The lowest BCUT2D eigenvalue weighted by Gasteiger charge is -2.20. The first-order valence-electron chi connectivity index (χ1n) is 6.12. The van der Waals surface area contributed by atoms with Gasteiger partial charge in [0, 0.05) is 31.2 Å². The first-order valence-corrected chi connectivity index (χ1v) is 6.12. The second-order valence-corrected chi connectivity index (χ2v) is 4.96. The Morgan fingerprint density at radius 2 is 2.18 bits per heavy atom. The molecule has 1 aromatic carbocycles. The van der Waals surface area contributed by atoms with Gasteiger partial charge in [-0.3, -0.25) is 9.69 Å². The van der Waals surface area contributed by atoms with Crippen molar-refractivity contribution in [2.75, 3.05) is 27.2 Å². The van der Waals surface area contributed by atoms with E-state index in [1.54, 1.807) is 0 Å². The van der Waals surface area contributed by atoms with Crippen molar-refractivity contribution in [2.24, 2.45) is 0 Å². The normalized spacial score (nSPS) is 21.0. The summed E-state index contributed by atoms with van der Waals surface area (Å²) in [6.45, 7) is 3.11. The monoisotopic (exact) mass is 232 g/mol. The highest BCUT2D eigenvalue weighted by atomic mass is 16.1. The van der Waals surface area contributed by atoms with Crippen LogP contribution in [0.25, 0.3) is 0 Å². The number of carbonyl (C=O) groups excluding carboxylic acids is 1. The lowest BCUT2D eigenvalue weighted by molar-refractivity contribution is 0.112. The van der Waals surface area contributed by atoms with Gasteiger partial charge in [-0.05, 0) is 26.1 Å². The second-order valence-electron chi connectivity index (χ2n) is 4.96. The van der Waals surface area contributed by atoms with Gasteiger partial charge >= 0.3 is 0 Å². The lowest BCUT2D eigenvalue weighted by atomic mass is 10.1. The molecule has 1 heterocycles. The molecule has 0 aromatic heterocycles. The Morgan fingerprint density at radius 1 is 1.41 bits per heavy atom. The minimum absolute atomic E-state index is 0.651. The molecule has 0 radical (unpaired) electrons. The first kappa shape index (κ1) is 12.3. The van der Waals surface area contributed by atoms with E-state index in [2.05, 4.69) is 23.9 Å². The van der Waals surface area contributed by atoms with Gasteiger partial charge in [-0.2, -0.15) is 0 Å². The molecular formula is C14H20N2O. The van der Waals surface area contributed by atoms with Crippen molar-refractivity contribution < 1.29 is 4.79 Å². The van der Waals surface area contributed by atoms with Crippen LogP contribution in [0.1, 0.15) is 22.3 Å². The van der Waals surface area contributed by atoms with Gasteiger partial charge in [-0.15, -0.1) is 0 Å². The minimum atomic E-state index is 0.651. The molecule has 0 spiro atoms. The number of hydrogen-bond acceptors (Lipinski definition) is 3. The molecule has 0 amide bonds. The molecule has 0 bridgehead atoms. The van der Waals surface area contributed by atoms with Crippen molar-refractivity contribution in [3.63, 3.8) is 0 Å². The third kappa shape index (κ3) is 2.93. The number of nitrogens with zero attached hydrogens (tertiary/aromatic N) is 2. The topological polar surface area (TPSA) is 23.6 Å². The summed E-state index contributed by atoms with van der Waals surface area (Å²) in [5.74, 6) is 0. The van der Waals surface area contributed by atoms with Gasteiger partial charge in [0.15, 0.2) is 0 Å². The zero-order chi connectivity index (χ0) is 12.3. The Kier molecular flexibility index (Phi) is 3.92. The number of likely N-dealkylation sites (tertiary alicyclic amines) is 1. The van der Waals surface area contributed by atoms with Crippen LogP contribution in [-0.2, 0) is 6.54 Å². The third-order valence-electron chi connectivity index (χ3n) is 3.55. The van der Waals surface area contributed by atoms with E-state index in [1.807, 2.05) is 24.3 Å². The van der Waals surface area contributed by atoms with Gasteiger partial charge in [-0.25, -0.2) is 0 Å². The number of rotatable bonds is 4. The van der Waals surface area contributed by atoms with Gasteiger partial charge in [0.25, 0.3) is 0 Å².